The standard InChI is InChI=1S/C25H19ClN2O4/c1-2-30-16-7-5-6-15(12-16)25(29)31-17-10-11-19-22(13-17)32-24(28)20(14-27)23(19)18-8-3-4-9-21(18)26/h3-13,23H,2,28H2,1H3. The Labute approximate surface area is 190 Å². The molecule has 0 amide bonds. The molecule has 0 radical (unpaired) electrons. The second kappa shape index (κ2) is 9.04. The molecule has 3 aromatic rings. The van der Waals surface area contributed by atoms with Gasteiger partial charge < -0.3 is 19.9 Å². The number of hydrogen-bond donors (Lipinski definition) is 1. The molecule has 1 aliphatic heterocycles. The summed E-state index contributed by atoms with van der Waals surface area (Å²) in [4.78, 5) is 12.6. The third-order valence-corrected chi connectivity index (χ3v) is 5.34. The Kier molecular flexibility index (Phi) is 6.02. The van der Waals surface area contributed by atoms with Crippen LogP contribution in [0.4, 0.5) is 0 Å². The van der Waals surface area contributed by atoms with Gasteiger partial charge >= 0.3 is 5.97 Å². The lowest BCUT2D eigenvalue weighted by Crippen LogP contribution is -2.21. The molecule has 0 bridgehead atoms. The molecule has 1 atom stereocenters. The molecule has 0 spiro atoms. The molecule has 4 rings (SSSR count). The number of halogens is 1. The van der Waals surface area contributed by atoms with Gasteiger partial charge in [0.05, 0.1) is 18.1 Å². The summed E-state index contributed by atoms with van der Waals surface area (Å²) in [5.41, 5.74) is 8.09. The van der Waals surface area contributed by atoms with Crippen molar-refractivity contribution < 1.29 is 19.0 Å². The fourth-order valence-electron chi connectivity index (χ4n) is 3.57. The van der Waals surface area contributed by atoms with Crippen molar-refractivity contribution in [3.05, 3.63) is 99.9 Å². The van der Waals surface area contributed by atoms with Crippen LogP contribution in [-0.4, -0.2) is 12.6 Å². The first-order valence-electron chi connectivity index (χ1n) is 9.92. The normalized spacial score (nSPS) is 14.7. The van der Waals surface area contributed by atoms with E-state index in [1.54, 1.807) is 48.5 Å². The van der Waals surface area contributed by atoms with Gasteiger partial charge in [0.15, 0.2) is 0 Å². The van der Waals surface area contributed by atoms with Crippen molar-refractivity contribution in [1.82, 2.24) is 0 Å². The van der Waals surface area contributed by atoms with Crippen LogP contribution in [-0.2, 0) is 0 Å². The zero-order valence-electron chi connectivity index (χ0n) is 17.2. The van der Waals surface area contributed by atoms with E-state index < -0.39 is 11.9 Å². The average molecular weight is 447 g/mol. The number of hydrogen-bond acceptors (Lipinski definition) is 6. The van der Waals surface area contributed by atoms with Crippen LogP contribution in [0.1, 0.15) is 34.3 Å². The largest absolute Gasteiger partial charge is 0.494 e. The molecule has 32 heavy (non-hydrogen) atoms. The van der Waals surface area contributed by atoms with E-state index in [0.717, 1.165) is 5.56 Å². The van der Waals surface area contributed by atoms with E-state index in [4.69, 9.17) is 31.5 Å². The number of nitriles is 1. The molecule has 1 aliphatic rings. The molecule has 1 unspecified atom stereocenters. The van der Waals surface area contributed by atoms with E-state index in [1.807, 2.05) is 25.1 Å². The summed E-state index contributed by atoms with van der Waals surface area (Å²) < 4.78 is 16.7. The Morgan fingerprint density at radius 2 is 1.91 bits per heavy atom. The predicted molar refractivity (Wildman–Crippen MR) is 120 cm³/mol. The maximum absolute atomic E-state index is 12.6. The number of carbonyl (C=O) groups is 1. The Morgan fingerprint density at radius 1 is 1.09 bits per heavy atom. The third-order valence-electron chi connectivity index (χ3n) is 5.00. The van der Waals surface area contributed by atoms with Crippen LogP contribution < -0.4 is 19.9 Å². The number of carbonyl (C=O) groups excluding carboxylic acids is 1. The molecule has 1 heterocycles. The van der Waals surface area contributed by atoms with Crippen molar-refractivity contribution in [1.29, 1.82) is 5.26 Å². The van der Waals surface area contributed by atoms with Gasteiger partial charge in [-0.2, -0.15) is 5.26 Å². The van der Waals surface area contributed by atoms with Crippen LogP contribution in [0.15, 0.2) is 78.2 Å². The molecule has 7 heteroatoms. The van der Waals surface area contributed by atoms with Crippen LogP contribution in [0.25, 0.3) is 0 Å². The van der Waals surface area contributed by atoms with Crippen molar-refractivity contribution in [2.45, 2.75) is 12.8 Å². The second-order valence-electron chi connectivity index (χ2n) is 7.00. The van der Waals surface area contributed by atoms with E-state index in [2.05, 4.69) is 6.07 Å². The fraction of sp³-hybridized carbons (Fsp3) is 0.120. The van der Waals surface area contributed by atoms with Gasteiger partial charge in [-0.25, -0.2) is 4.79 Å². The second-order valence-corrected chi connectivity index (χ2v) is 7.40. The third kappa shape index (κ3) is 4.11. The van der Waals surface area contributed by atoms with Crippen molar-refractivity contribution in [3.63, 3.8) is 0 Å². The SMILES string of the molecule is CCOc1cccc(C(=O)Oc2ccc3c(c2)OC(N)=C(C#N)C3c2ccccc2Cl)c1. The fourth-order valence-corrected chi connectivity index (χ4v) is 3.82. The van der Waals surface area contributed by atoms with Crippen molar-refractivity contribution >= 4 is 17.6 Å². The zero-order valence-corrected chi connectivity index (χ0v) is 17.9. The molecule has 0 aromatic heterocycles. The van der Waals surface area contributed by atoms with Crippen LogP contribution in [0.3, 0.4) is 0 Å². The minimum absolute atomic E-state index is 0.0159. The number of esters is 1. The van der Waals surface area contributed by atoms with E-state index in [1.165, 1.54) is 0 Å². The van der Waals surface area contributed by atoms with Gasteiger partial charge in [-0.15, -0.1) is 0 Å². The molecule has 0 saturated carbocycles. The molecule has 160 valence electrons. The highest BCUT2D eigenvalue weighted by Gasteiger charge is 2.32. The van der Waals surface area contributed by atoms with Gasteiger partial charge in [-0.3, -0.25) is 0 Å². The van der Waals surface area contributed by atoms with Gasteiger partial charge in [0, 0.05) is 16.7 Å². The highest BCUT2D eigenvalue weighted by molar-refractivity contribution is 6.31. The summed E-state index contributed by atoms with van der Waals surface area (Å²) in [7, 11) is 0. The van der Waals surface area contributed by atoms with Gasteiger partial charge in [-0.05, 0) is 42.8 Å². The highest BCUT2D eigenvalue weighted by atomic mass is 35.5. The van der Waals surface area contributed by atoms with E-state index in [0.29, 0.717) is 34.3 Å². The quantitative estimate of drug-likeness (QED) is 0.429. The summed E-state index contributed by atoms with van der Waals surface area (Å²) in [5, 5.41) is 10.2. The lowest BCUT2D eigenvalue weighted by atomic mass is 9.83. The number of nitrogens with zero attached hydrogens (tertiary/aromatic N) is 1. The Morgan fingerprint density at radius 3 is 2.66 bits per heavy atom. The van der Waals surface area contributed by atoms with Crippen LogP contribution in [0.5, 0.6) is 17.2 Å². The maximum Gasteiger partial charge on any atom is 0.343 e. The van der Waals surface area contributed by atoms with E-state index in [9.17, 15) is 10.1 Å². The summed E-state index contributed by atoms with van der Waals surface area (Å²) in [6, 6.07) is 21.1. The van der Waals surface area contributed by atoms with E-state index >= 15 is 0 Å². The lowest BCUT2D eigenvalue weighted by molar-refractivity contribution is 0.0734. The number of nitrogens with two attached hydrogens (primary N) is 1. The minimum Gasteiger partial charge on any atom is -0.494 e. The average Bonchev–Trinajstić information content (AvgIpc) is 2.79. The molecular weight excluding hydrogens is 428 g/mol. The molecule has 6 nitrogen and oxygen atoms in total. The summed E-state index contributed by atoms with van der Waals surface area (Å²) in [6.07, 6.45) is 0. The summed E-state index contributed by atoms with van der Waals surface area (Å²) in [6.45, 7) is 2.36. The first-order valence-corrected chi connectivity index (χ1v) is 10.3. The Hall–Kier alpha value is -3.95. The lowest BCUT2D eigenvalue weighted by Gasteiger charge is -2.27. The molecule has 0 saturated heterocycles. The minimum atomic E-state index is -0.536. The van der Waals surface area contributed by atoms with E-state index in [-0.39, 0.29) is 17.2 Å². The van der Waals surface area contributed by atoms with Crippen LogP contribution in [0.2, 0.25) is 5.02 Å². The smallest absolute Gasteiger partial charge is 0.343 e. The first kappa shape index (κ1) is 21.3. The molecule has 3 aromatic carbocycles. The zero-order chi connectivity index (χ0) is 22.7. The molecule has 0 aliphatic carbocycles. The highest BCUT2D eigenvalue weighted by Crippen LogP contribution is 2.45. The van der Waals surface area contributed by atoms with Crippen molar-refractivity contribution in [2.24, 2.45) is 5.73 Å². The van der Waals surface area contributed by atoms with Gasteiger partial charge in [-0.1, -0.05) is 41.9 Å². The monoisotopic (exact) mass is 446 g/mol. The number of ether oxygens (including phenoxy) is 3. The summed E-state index contributed by atoms with van der Waals surface area (Å²) >= 11 is 6.40. The molecule has 2 N–H and O–H groups in total. The van der Waals surface area contributed by atoms with Gasteiger partial charge in [0.2, 0.25) is 5.88 Å². The molecule has 0 fully saturated rings. The number of fused-ring (bicyclic) bond motifs is 1. The number of benzene rings is 3. The maximum atomic E-state index is 12.6. The Balaban J connectivity index is 1.66. The Bertz CT molecular complexity index is 1260. The van der Waals surface area contributed by atoms with Gasteiger partial charge in [0.1, 0.15) is 28.9 Å². The van der Waals surface area contributed by atoms with Crippen LogP contribution in [0, 0.1) is 11.3 Å². The van der Waals surface area contributed by atoms with Crippen molar-refractivity contribution in [2.75, 3.05) is 6.61 Å². The van der Waals surface area contributed by atoms with Gasteiger partial charge in [0.25, 0.3) is 0 Å². The number of allylic oxidation sites excluding steroid dienone is 1. The molecular formula is C25H19ClN2O4. The predicted octanol–water partition coefficient (Wildman–Crippen LogP) is 5.18. The topological polar surface area (TPSA) is 94.6 Å². The number of rotatable bonds is 5. The first-order chi connectivity index (χ1) is 15.5. The van der Waals surface area contributed by atoms with Crippen LogP contribution >= 0.6 is 11.6 Å². The van der Waals surface area contributed by atoms with Crippen molar-refractivity contribution in [3.8, 4) is 23.3 Å². The summed E-state index contributed by atoms with van der Waals surface area (Å²) in [5.74, 6) is 0.204.